The van der Waals surface area contributed by atoms with Crippen molar-refractivity contribution >= 4 is 22.6 Å². The van der Waals surface area contributed by atoms with Gasteiger partial charge in [-0.25, -0.2) is 9.18 Å². The molecule has 3 heterocycles. The number of fused-ring (bicyclic) bond motifs is 3. The molecule has 0 radical (unpaired) electrons. The molecule has 138 valence electrons. The highest BCUT2D eigenvalue weighted by Gasteiger charge is 2.32. The molecular formula is C18H20FN3O4. The maximum atomic E-state index is 14.9. The maximum Gasteiger partial charge on any atom is 0.341 e. The van der Waals surface area contributed by atoms with Gasteiger partial charge in [-0.05, 0) is 31.5 Å². The zero-order valence-electron chi connectivity index (χ0n) is 14.4. The lowest BCUT2D eigenvalue weighted by Crippen LogP contribution is -2.56. The van der Waals surface area contributed by atoms with E-state index in [1.165, 1.54) is 11.8 Å². The van der Waals surface area contributed by atoms with Crippen molar-refractivity contribution in [3.63, 3.8) is 0 Å². The lowest BCUT2D eigenvalue weighted by molar-refractivity contribution is 0.0691. The first-order valence-corrected chi connectivity index (χ1v) is 8.65. The van der Waals surface area contributed by atoms with E-state index in [0.717, 1.165) is 51.3 Å². The van der Waals surface area contributed by atoms with Crippen LogP contribution in [0.1, 0.15) is 23.2 Å². The van der Waals surface area contributed by atoms with Crippen LogP contribution in [-0.4, -0.2) is 60.0 Å². The van der Waals surface area contributed by atoms with Crippen LogP contribution in [0.15, 0.2) is 23.1 Å². The van der Waals surface area contributed by atoms with Gasteiger partial charge in [0.15, 0.2) is 0 Å². The number of piperazine rings is 1. The number of aromatic nitrogens is 1. The summed E-state index contributed by atoms with van der Waals surface area (Å²) < 4.78 is 16.1. The third kappa shape index (κ3) is 2.61. The Kier molecular flexibility index (Phi) is 4.07. The number of carboxylic acids is 1. The van der Waals surface area contributed by atoms with Crippen molar-refractivity contribution in [3.8, 4) is 0 Å². The number of halogens is 1. The molecule has 0 spiro atoms. The van der Waals surface area contributed by atoms with Gasteiger partial charge in [-0.2, -0.15) is 4.73 Å². The van der Waals surface area contributed by atoms with E-state index in [1.54, 1.807) is 6.07 Å². The molecule has 2 bridgehead atoms. The maximum absolute atomic E-state index is 14.9. The Bertz CT molecular complexity index is 942. The molecule has 2 aliphatic rings. The predicted octanol–water partition coefficient (Wildman–Crippen LogP) is 1.18. The van der Waals surface area contributed by atoms with Gasteiger partial charge in [0.2, 0.25) is 5.43 Å². The van der Waals surface area contributed by atoms with Crippen LogP contribution in [0.25, 0.3) is 10.9 Å². The summed E-state index contributed by atoms with van der Waals surface area (Å²) in [5.74, 6) is -1.88. The van der Waals surface area contributed by atoms with E-state index < -0.39 is 22.8 Å². The number of anilines is 1. The summed E-state index contributed by atoms with van der Waals surface area (Å²) in [7, 11) is 1.37. The first-order chi connectivity index (χ1) is 12.5. The highest BCUT2D eigenvalue weighted by molar-refractivity contribution is 5.93. The summed E-state index contributed by atoms with van der Waals surface area (Å²) in [5.41, 5.74) is -0.379. The van der Waals surface area contributed by atoms with Gasteiger partial charge in [-0.15, -0.1) is 0 Å². The fourth-order valence-electron chi connectivity index (χ4n) is 4.07. The highest BCUT2D eigenvalue weighted by atomic mass is 19.1. The summed E-state index contributed by atoms with van der Waals surface area (Å²) in [6.07, 6.45) is 3.22. The number of benzene rings is 1. The van der Waals surface area contributed by atoms with Crippen molar-refractivity contribution in [1.29, 1.82) is 0 Å². The van der Waals surface area contributed by atoms with Crippen molar-refractivity contribution in [2.24, 2.45) is 0 Å². The van der Waals surface area contributed by atoms with Gasteiger partial charge in [0.1, 0.15) is 18.5 Å². The standard InChI is InChI=1S/C18H20FN3O4/c1-26-22-10-13(18(24)25)17(23)12-7-14(19)16(8-15(12)22)21-6-5-20-4-2-3-11(21)9-20/h7-8,10-11H,2-6,9H2,1H3,(H,24,25). The molecule has 2 aromatic rings. The average molecular weight is 361 g/mol. The number of carboxylic acid groups (broad SMARTS) is 1. The summed E-state index contributed by atoms with van der Waals surface area (Å²) >= 11 is 0. The van der Waals surface area contributed by atoms with Crippen LogP contribution in [0.3, 0.4) is 0 Å². The molecule has 2 saturated heterocycles. The fourth-order valence-corrected chi connectivity index (χ4v) is 4.07. The van der Waals surface area contributed by atoms with Gasteiger partial charge < -0.3 is 14.8 Å². The van der Waals surface area contributed by atoms with Crippen LogP contribution in [-0.2, 0) is 0 Å². The number of pyridine rings is 1. The number of hydrogen-bond donors (Lipinski definition) is 1. The quantitative estimate of drug-likeness (QED) is 0.885. The molecule has 0 aliphatic carbocycles. The Morgan fingerprint density at radius 3 is 2.85 bits per heavy atom. The number of carbonyl (C=O) groups is 1. The van der Waals surface area contributed by atoms with Gasteiger partial charge in [0, 0.05) is 25.7 Å². The first-order valence-electron chi connectivity index (χ1n) is 8.65. The zero-order chi connectivity index (χ0) is 18.4. The van der Waals surface area contributed by atoms with Gasteiger partial charge in [-0.1, -0.05) is 0 Å². The molecule has 8 heteroatoms. The second-order valence-electron chi connectivity index (χ2n) is 6.80. The van der Waals surface area contributed by atoms with Gasteiger partial charge in [0.05, 0.1) is 22.8 Å². The number of hydrogen-bond acceptors (Lipinski definition) is 5. The minimum Gasteiger partial charge on any atom is -0.477 e. The van der Waals surface area contributed by atoms with Crippen LogP contribution in [0.5, 0.6) is 0 Å². The minimum absolute atomic E-state index is 0.00437. The van der Waals surface area contributed by atoms with Gasteiger partial charge in [-0.3, -0.25) is 9.69 Å². The number of nitrogens with zero attached hydrogens (tertiary/aromatic N) is 3. The third-order valence-electron chi connectivity index (χ3n) is 5.35. The number of aromatic carboxylic acids is 1. The number of piperidine rings is 1. The van der Waals surface area contributed by atoms with Crippen molar-refractivity contribution in [3.05, 3.63) is 39.9 Å². The molecule has 2 atom stereocenters. The van der Waals surface area contributed by atoms with Crippen molar-refractivity contribution in [2.75, 3.05) is 38.2 Å². The second-order valence-corrected chi connectivity index (χ2v) is 6.80. The molecular weight excluding hydrogens is 341 g/mol. The highest BCUT2D eigenvalue weighted by Crippen LogP contribution is 2.31. The Morgan fingerprint density at radius 1 is 1.31 bits per heavy atom. The van der Waals surface area contributed by atoms with Crippen LogP contribution >= 0.6 is 0 Å². The third-order valence-corrected chi connectivity index (χ3v) is 5.35. The topological polar surface area (TPSA) is 75.0 Å². The van der Waals surface area contributed by atoms with Crippen LogP contribution in [0, 0.1) is 5.82 Å². The van der Waals surface area contributed by atoms with Crippen LogP contribution in [0.4, 0.5) is 10.1 Å². The van der Waals surface area contributed by atoms with Crippen molar-refractivity contribution in [2.45, 2.75) is 18.9 Å². The van der Waals surface area contributed by atoms with Crippen LogP contribution in [0.2, 0.25) is 0 Å². The summed E-state index contributed by atoms with van der Waals surface area (Å²) in [6.45, 7) is 3.60. The summed E-state index contributed by atoms with van der Waals surface area (Å²) in [5, 5.41) is 9.19. The predicted molar refractivity (Wildman–Crippen MR) is 94.4 cm³/mol. The van der Waals surface area contributed by atoms with Crippen LogP contribution < -0.4 is 15.2 Å². The molecule has 0 saturated carbocycles. The molecule has 2 fully saturated rings. The smallest absolute Gasteiger partial charge is 0.341 e. The van der Waals surface area contributed by atoms with E-state index in [4.69, 9.17) is 4.84 Å². The Hall–Kier alpha value is -2.61. The molecule has 1 N–H and O–H groups in total. The molecule has 26 heavy (non-hydrogen) atoms. The lowest BCUT2D eigenvalue weighted by Gasteiger charge is -2.46. The van der Waals surface area contributed by atoms with Gasteiger partial charge >= 0.3 is 5.97 Å². The van der Waals surface area contributed by atoms with E-state index in [0.29, 0.717) is 11.2 Å². The molecule has 2 unspecified atom stereocenters. The SMILES string of the molecule is COn1cc(C(=O)O)c(=O)c2cc(F)c(N3CCN4CCCC3C4)cc21. The zero-order valence-corrected chi connectivity index (χ0v) is 14.4. The lowest BCUT2D eigenvalue weighted by atomic mass is 9.99. The minimum atomic E-state index is -1.37. The second kappa shape index (κ2) is 6.28. The summed E-state index contributed by atoms with van der Waals surface area (Å²) in [6, 6.07) is 2.96. The monoisotopic (exact) mass is 361 g/mol. The first kappa shape index (κ1) is 16.8. The molecule has 2 aliphatic heterocycles. The number of rotatable bonds is 3. The van der Waals surface area contributed by atoms with E-state index in [9.17, 15) is 19.1 Å². The molecule has 4 rings (SSSR count). The fraction of sp³-hybridized carbons (Fsp3) is 0.444. The van der Waals surface area contributed by atoms with Gasteiger partial charge in [0.25, 0.3) is 0 Å². The molecule has 1 aromatic carbocycles. The van der Waals surface area contributed by atoms with Crippen molar-refractivity contribution in [1.82, 2.24) is 9.63 Å². The van der Waals surface area contributed by atoms with Crippen molar-refractivity contribution < 1.29 is 19.1 Å². The van der Waals surface area contributed by atoms with E-state index in [-0.39, 0.29) is 11.4 Å². The van der Waals surface area contributed by atoms with E-state index >= 15 is 0 Å². The Labute approximate surface area is 149 Å². The molecule has 7 nitrogen and oxygen atoms in total. The average Bonchev–Trinajstić information content (AvgIpc) is 2.63. The van der Waals surface area contributed by atoms with E-state index in [1.807, 2.05) is 0 Å². The Balaban J connectivity index is 1.87. The molecule has 0 amide bonds. The van der Waals surface area contributed by atoms with E-state index in [2.05, 4.69) is 9.80 Å². The summed E-state index contributed by atoms with van der Waals surface area (Å²) in [4.78, 5) is 33.3. The normalized spacial score (nSPS) is 22.5. The Morgan fingerprint density at radius 2 is 2.12 bits per heavy atom. The largest absolute Gasteiger partial charge is 0.477 e. The molecule has 1 aromatic heterocycles.